The molecule has 1 aromatic carbocycles. The van der Waals surface area contributed by atoms with Gasteiger partial charge in [0.25, 0.3) is 11.8 Å². The molecule has 2 heterocycles. The maximum absolute atomic E-state index is 12.4. The van der Waals surface area contributed by atoms with Crippen LogP contribution in [0, 0.1) is 0 Å². The summed E-state index contributed by atoms with van der Waals surface area (Å²) in [6.07, 6.45) is 2.28. The van der Waals surface area contributed by atoms with Gasteiger partial charge in [0, 0.05) is 18.3 Å². The first-order chi connectivity index (χ1) is 11.6. The van der Waals surface area contributed by atoms with Crippen molar-refractivity contribution in [1.29, 1.82) is 0 Å². The molecule has 24 heavy (non-hydrogen) atoms. The van der Waals surface area contributed by atoms with Crippen LogP contribution < -0.4 is 10.1 Å². The van der Waals surface area contributed by atoms with E-state index in [-0.39, 0.29) is 11.8 Å². The summed E-state index contributed by atoms with van der Waals surface area (Å²) in [4.78, 5) is 30.6. The second kappa shape index (κ2) is 7.40. The molecule has 1 aromatic rings. The zero-order chi connectivity index (χ0) is 17.1. The Morgan fingerprint density at radius 3 is 3.08 bits per heavy atom. The van der Waals surface area contributed by atoms with Gasteiger partial charge in [-0.3, -0.25) is 19.5 Å². The Kier molecular flexibility index (Phi) is 5.25. The first kappa shape index (κ1) is 17.0. The van der Waals surface area contributed by atoms with Crippen molar-refractivity contribution in [1.82, 2.24) is 4.90 Å². The second-order valence-corrected chi connectivity index (χ2v) is 7.08. The predicted molar refractivity (Wildman–Crippen MR) is 98.2 cm³/mol. The Morgan fingerprint density at radius 1 is 1.50 bits per heavy atom. The van der Waals surface area contributed by atoms with Crippen molar-refractivity contribution in [3.63, 3.8) is 0 Å². The van der Waals surface area contributed by atoms with E-state index in [9.17, 15) is 9.59 Å². The van der Waals surface area contributed by atoms with Crippen molar-refractivity contribution in [2.45, 2.75) is 13.3 Å². The first-order valence-corrected chi connectivity index (χ1v) is 9.18. The van der Waals surface area contributed by atoms with Gasteiger partial charge in [-0.1, -0.05) is 6.92 Å². The summed E-state index contributed by atoms with van der Waals surface area (Å²) < 4.78 is 6.35. The standard InChI is InChI=1S/C16H16BrN3O3S/c1-2-7-23-12-4-3-10(8-11(12)17)19-15(22)13-9-14(21)20-6-5-18-16(20)24-13/h3-4,8-9H,2,5-7H2,1H3,(H,19,22). The van der Waals surface area contributed by atoms with Crippen LogP contribution >= 0.6 is 27.7 Å². The molecule has 3 rings (SSSR count). The van der Waals surface area contributed by atoms with E-state index in [0.717, 1.165) is 16.6 Å². The summed E-state index contributed by atoms with van der Waals surface area (Å²) >= 11 is 4.65. The van der Waals surface area contributed by atoms with Gasteiger partial charge in [0.2, 0.25) is 0 Å². The fourth-order valence-corrected chi connectivity index (χ4v) is 3.69. The molecule has 8 heteroatoms. The minimum atomic E-state index is -0.322. The lowest BCUT2D eigenvalue weighted by Gasteiger charge is -2.21. The molecule has 0 unspecified atom stereocenters. The Bertz CT molecular complexity index is 748. The van der Waals surface area contributed by atoms with Gasteiger partial charge >= 0.3 is 0 Å². The lowest BCUT2D eigenvalue weighted by molar-refractivity contribution is -0.122. The van der Waals surface area contributed by atoms with E-state index < -0.39 is 0 Å². The second-order valence-electron chi connectivity index (χ2n) is 5.21. The van der Waals surface area contributed by atoms with Crippen molar-refractivity contribution in [2.75, 3.05) is 25.0 Å². The van der Waals surface area contributed by atoms with Crippen LogP contribution in [0.3, 0.4) is 0 Å². The minimum Gasteiger partial charge on any atom is -0.492 e. The highest BCUT2D eigenvalue weighted by Gasteiger charge is 2.31. The normalized spacial score (nSPS) is 16.4. The van der Waals surface area contributed by atoms with Crippen LogP contribution in [-0.4, -0.2) is 41.6 Å². The highest BCUT2D eigenvalue weighted by atomic mass is 79.9. The number of ether oxygens (including phenoxy) is 1. The van der Waals surface area contributed by atoms with E-state index in [1.165, 1.54) is 17.8 Å². The number of amides is 2. The number of halogens is 1. The lowest BCUT2D eigenvalue weighted by Crippen LogP contribution is -2.35. The van der Waals surface area contributed by atoms with Crippen molar-refractivity contribution in [3.8, 4) is 5.75 Å². The Morgan fingerprint density at radius 2 is 2.33 bits per heavy atom. The fourth-order valence-electron chi connectivity index (χ4n) is 2.25. The molecule has 0 saturated carbocycles. The number of hydrogen-bond acceptors (Lipinski definition) is 5. The Hall–Kier alpha value is -1.80. The molecule has 0 atom stereocenters. The maximum Gasteiger partial charge on any atom is 0.262 e. The number of hydrogen-bond donors (Lipinski definition) is 1. The van der Waals surface area contributed by atoms with Crippen LogP contribution in [0.5, 0.6) is 5.75 Å². The van der Waals surface area contributed by atoms with Gasteiger partial charge in [0.15, 0.2) is 5.17 Å². The van der Waals surface area contributed by atoms with Crippen LogP contribution in [0.2, 0.25) is 0 Å². The van der Waals surface area contributed by atoms with Gasteiger partial charge in [-0.2, -0.15) is 0 Å². The average molecular weight is 410 g/mol. The molecule has 2 aliphatic rings. The number of anilines is 1. The molecule has 0 aromatic heterocycles. The summed E-state index contributed by atoms with van der Waals surface area (Å²) in [6, 6.07) is 5.34. The molecule has 2 aliphatic heterocycles. The number of rotatable bonds is 5. The van der Waals surface area contributed by atoms with Crippen molar-refractivity contribution in [3.05, 3.63) is 33.7 Å². The largest absolute Gasteiger partial charge is 0.492 e. The van der Waals surface area contributed by atoms with Crippen LogP contribution in [0.25, 0.3) is 0 Å². The molecule has 6 nitrogen and oxygen atoms in total. The third-order valence-corrected chi connectivity index (χ3v) is 5.07. The molecule has 1 N–H and O–H groups in total. The fraction of sp³-hybridized carbons (Fsp3) is 0.312. The van der Waals surface area contributed by atoms with Gasteiger partial charge in [-0.05, 0) is 52.3 Å². The quantitative estimate of drug-likeness (QED) is 0.810. The molecular weight excluding hydrogens is 394 g/mol. The number of nitrogens with zero attached hydrogens (tertiary/aromatic N) is 2. The minimum absolute atomic E-state index is 0.195. The topological polar surface area (TPSA) is 71.0 Å². The maximum atomic E-state index is 12.4. The summed E-state index contributed by atoms with van der Waals surface area (Å²) in [5.74, 6) is 0.212. The van der Waals surface area contributed by atoms with Crippen LogP contribution in [0.15, 0.2) is 38.6 Å². The Balaban J connectivity index is 1.70. The molecule has 0 bridgehead atoms. The van der Waals surface area contributed by atoms with Crippen molar-refractivity contribution in [2.24, 2.45) is 4.99 Å². The van der Waals surface area contributed by atoms with Gasteiger partial charge in [-0.15, -0.1) is 0 Å². The van der Waals surface area contributed by atoms with Crippen molar-refractivity contribution < 1.29 is 14.3 Å². The smallest absolute Gasteiger partial charge is 0.262 e. The third-order valence-electron chi connectivity index (χ3n) is 3.40. The molecule has 0 saturated heterocycles. The van der Waals surface area contributed by atoms with Crippen LogP contribution in [0.1, 0.15) is 13.3 Å². The summed E-state index contributed by atoms with van der Waals surface area (Å²) in [6.45, 7) is 3.84. The average Bonchev–Trinajstić information content (AvgIpc) is 3.03. The van der Waals surface area contributed by atoms with Crippen LogP contribution in [0.4, 0.5) is 5.69 Å². The molecule has 2 amide bonds. The monoisotopic (exact) mass is 409 g/mol. The number of carbonyl (C=O) groups excluding carboxylic acids is 2. The first-order valence-electron chi connectivity index (χ1n) is 7.57. The highest BCUT2D eigenvalue weighted by molar-refractivity contribution is 9.10. The van der Waals surface area contributed by atoms with Gasteiger partial charge in [0.05, 0.1) is 22.5 Å². The molecule has 0 spiro atoms. The molecular formula is C16H16BrN3O3S. The number of thioether (sulfide) groups is 1. The number of amidine groups is 1. The number of aliphatic imine (C=N–C) groups is 1. The van der Waals surface area contributed by atoms with E-state index in [4.69, 9.17) is 4.74 Å². The number of carbonyl (C=O) groups is 2. The Labute approximate surface area is 152 Å². The van der Waals surface area contributed by atoms with Crippen LogP contribution in [-0.2, 0) is 9.59 Å². The number of benzene rings is 1. The van der Waals surface area contributed by atoms with E-state index in [2.05, 4.69) is 26.2 Å². The summed E-state index contributed by atoms with van der Waals surface area (Å²) in [7, 11) is 0. The van der Waals surface area contributed by atoms with Gasteiger partial charge in [0.1, 0.15) is 5.75 Å². The zero-order valence-electron chi connectivity index (χ0n) is 13.0. The molecule has 126 valence electrons. The third kappa shape index (κ3) is 3.64. The molecule has 0 aliphatic carbocycles. The highest BCUT2D eigenvalue weighted by Crippen LogP contribution is 2.31. The van der Waals surface area contributed by atoms with E-state index >= 15 is 0 Å². The van der Waals surface area contributed by atoms with Gasteiger partial charge in [-0.25, -0.2) is 0 Å². The number of nitrogens with one attached hydrogen (secondary N) is 1. The summed E-state index contributed by atoms with van der Waals surface area (Å²) in [5.41, 5.74) is 0.625. The van der Waals surface area contributed by atoms with E-state index in [1.807, 2.05) is 6.92 Å². The summed E-state index contributed by atoms with van der Waals surface area (Å²) in [5, 5.41) is 3.39. The predicted octanol–water partition coefficient (Wildman–Crippen LogP) is 3.01. The molecule has 0 radical (unpaired) electrons. The lowest BCUT2D eigenvalue weighted by atomic mass is 10.3. The zero-order valence-corrected chi connectivity index (χ0v) is 15.4. The van der Waals surface area contributed by atoms with E-state index in [0.29, 0.717) is 35.5 Å². The van der Waals surface area contributed by atoms with E-state index in [1.54, 1.807) is 23.1 Å². The SMILES string of the molecule is CCCOc1ccc(NC(=O)C2=CC(=O)N3CCN=C3S2)cc1Br. The van der Waals surface area contributed by atoms with Gasteiger partial charge < -0.3 is 10.1 Å². The molecule has 0 fully saturated rings. The van der Waals surface area contributed by atoms with Crippen molar-refractivity contribution >= 4 is 50.4 Å². The number of fused-ring (bicyclic) bond motifs is 1.